The van der Waals surface area contributed by atoms with Crippen LogP contribution in [0.2, 0.25) is 0 Å². The lowest BCUT2D eigenvalue weighted by Crippen LogP contribution is -2.50. The Balaban J connectivity index is 1.85. The number of likely N-dealkylation sites (tertiary alicyclic amines) is 1. The summed E-state index contributed by atoms with van der Waals surface area (Å²) in [6.45, 7) is 3.34. The van der Waals surface area contributed by atoms with Gasteiger partial charge in [0.05, 0.1) is 20.6 Å². The Labute approximate surface area is 130 Å². The normalized spacial score (nSPS) is 21.3. The summed E-state index contributed by atoms with van der Waals surface area (Å²) in [6.07, 6.45) is 11.2. The predicted molar refractivity (Wildman–Crippen MR) is 85.4 cm³/mol. The number of hydrogen-bond acceptors (Lipinski definition) is 2. The van der Waals surface area contributed by atoms with Gasteiger partial charge in [-0.3, -0.25) is 4.79 Å². The fraction of sp³-hybridized carbons (Fsp3) is 0.941. The fourth-order valence-electron chi connectivity index (χ4n) is 3.13. The van der Waals surface area contributed by atoms with Crippen LogP contribution in [-0.2, 0) is 9.53 Å². The Kier molecular flexibility index (Phi) is 8.93. The first-order valence-corrected chi connectivity index (χ1v) is 8.65. The van der Waals surface area contributed by atoms with E-state index in [2.05, 4.69) is 14.1 Å². The third kappa shape index (κ3) is 9.86. The molecule has 1 atom stereocenters. The molecular weight excluding hydrogens is 266 g/mol. The van der Waals surface area contributed by atoms with Crippen molar-refractivity contribution in [3.8, 4) is 0 Å². The summed E-state index contributed by atoms with van der Waals surface area (Å²) < 4.78 is 7.11. The van der Waals surface area contributed by atoms with E-state index >= 15 is 0 Å². The van der Waals surface area contributed by atoms with Gasteiger partial charge in [0.15, 0.2) is 0 Å². The number of nitrogens with zero attached hydrogens (tertiary/aromatic N) is 1. The fourth-order valence-corrected chi connectivity index (χ4v) is 3.13. The van der Waals surface area contributed by atoms with Crippen LogP contribution in [0.4, 0.5) is 0 Å². The number of ether oxygens (including phenoxy) is 1. The number of carboxylic acid groups (broad SMARTS) is 1. The topological polar surface area (TPSA) is 46.5 Å². The predicted octanol–water partition coefficient (Wildman–Crippen LogP) is 3.45. The van der Waals surface area contributed by atoms with E-state index in [0.29, 0.717) is 12.5 Å². The van der Waals surface area contributed by atoms with Crippen molar-refractivity contribution in [2.24, 2.45) is 0 Å². The first-order valence-electron chi connectivity index (χ1n) is 8.65. The van der Waals surface area contributed by atoms with E-state index in [-0.39, 0.29) is 0 Å². The second-order valence-electron chi connectivity index (χ2n) is 7.10. The molecular formula is C17H34NO3+. The van der Waals surface area contributed by atoms with Gasteiger partial charge in [0.25, 0.3) is 0 Å². The van der Waals surface area contributed by atoms with Crippen molar-refractivity contribution >= 4 is 5.97 Å². The van der Waals surface area contributed by atoms with Crippen molar-refractivity contribution < 1.29 is 19.1 Å². The molecule has 0 spiro atoms. The average molecular weight is 300 g/mol. The van der Waals surface area contributed by atoms with E-state index in [4.69, 9.17) is 9.84 Å². The van der Waals surface area contributed by atoms with Crippen molar-refractivity contribution in [2.45, 2.75) is 70.3 Å². The smallest absolute Gasteiger partial charge is 0.303 e. The Hall–Kier alpha value is -0.610. The van der Waals surface area contributed by atoms with E-state index in [1.165, 1.54) is 51.5 Å². The summed E-state index contributed by atoms with van der Waals surface area (Å²) in [4.78, 5) is 10.4. The first-order chi connectivity index (χ1) is 9.99. The zero-order valence-corrected chi connectivity index (χ0v) is 14.0. The first kappa shape index (κ1) is 18.4. The number of aliphatic carboxylic acids is 1. The SMILES string of the molecule is C[N+]1(C)CCCC(OCCCCCCCCCC(=O)O)C1. The minimum absolute atomic E-state index is 0.323. The van der Waals surface area contributed by atoms with Gasteiger partial charge < -0.3 is 14.3 Å². The molecule has 0 amide bonds. The lowest BCUT2D eigenvalue weighted by molar-refractivity contribution is -0.898. The zero-order chi connectivity index (χ0) is 15.6. The van der Waals surface area contributed by atoms with E-state index < -0.39 is 5.97 Å². The highest BCUT2D eigenvalue weighted by molar-refractivity contribution is 5.66. The van der Waals surface area contributed by atoms with Crippen molar-refractivity contribution in [1.29, 1.82) is 0 Å². The molecule has 1 unspecified atom stereocenters. The van der Waals surface area contributed by atoms with Crippen LogP contribution < -0.4 is 0 Å². The highest BCUT2D eigenvalue weighted by atomic mass is 16.5. The molecule has 0 aromatic heterocycles. The number of quaternary nitrogens is 1. The Morgan fingerprint density at radius 3 is 2.33 bits per heavy atom. The molecule has 4 nitrogen and oxygen atoms in total. The van der Waals surface area contributed by atoms with Crippen LogP contribution in [0.1, 0.15) is 64.2 Å². The molecule has 124 valence electrons. The van der Waals surface area contributed by atoms with Gasteiger partial charge in [0.1, 0.15) is 12.6 Å². The number of likely N-dealkylation sites (N-methyl/N-ethyl adjacent to an activating group) is 1. The third-order valence-corrected chi connectivity index (χ3v) is 4.38. The summed E-state index contributed by atoms with van der Waals surface area (Å²) >= 11 is 0. The summed E-state index contributed by atoms with van der Waals surface area (Å²) in [5.74, 6) is -0.670. The van der Waals surface area contributed by atoms with Gasteiger partial charge in [-0.15, -0.1) is 0 Å². The second-order valence-corrected chi connectivity index (χ2v) is 7.10. The molecule has 1 saturated heterocycles. The van der Waals surface area contributed by atoms with Gasteiger partial charge in [-0.05, 0) is 25.7 Å². The van der Waals surface area contributed by atoms with E-state index in [0.717, 1.165) is 30.5 Å². The Bertz CT molecular complexity index is 292. The number of rotatable bonds is 11. The maximum atomic E-state index is 10.4. The van der Waals surface area contributed by atoms with Gasteiger partial charge >= 0.3 is 5.97 Å². The molecule has 0 aromatic carbocycles. The number of piperidine rings is 1. The lowest BCUT2D eigenvalue weighted by Gasteiger charge is -2.37. The molecule has 1 aliphatic heterocycles. The largest absolute Gasteiger partial charge is 0.481 e. The minimum atomic E-state index is -0.670. The Morgan fingerprint density at radius 1 is 1.10 bits per heavy atom. The summed E-state index contributed by atoms with van der Waals surface area (Å²) in [6, 6.07) is 0. The van der Waals surface area contributed by atoms with Gasteiger partial charge in [-0.1, -0.05) is 32.1 Å². The number of hydrogen-bond donors (Lipinski definition) is 1. The highest BCUT2D eigenvalue weighted by Crippen LogP contribution is 2.17. The van der Waals surface area contributed by atoms with Gasteiger partial charge in [-0.25, -0.2) is 0 Å². The molecule has 0 radical (unpaired) electrons. The third-order valence-electron chi connectivity index (χ3n) is 4.38. The average Bonchev–Trinajstić information content (AvgIpc) is 2.39. The molecule has 0 aromatic rings. The molecule has 1 N–H and O–H groups in total. The molecule has 4 heteroatoms. The maximum Gasteiger partial charge on any atom is 0.303 e. The lowest BCUT2D eigenvalue weighted by atomic mass is 10.1. The van der Waals surface area contributed by atoms with Crippen LogP contribution in [0.15, 0.2) is 0 Å². The molecule has 1 heterocycles. The van der Waals surface area contributed by atoms with Crippen LogP contribution in [-0.4, -0.2) is 55.5 Å². The minimum Gasteiger partial charge on any atom is -0.481 e. The molecule has 0 aliphatic carbocycles. The van der Waals surface area contributed by atoms with Gasteiger partial charge in [0, 0.05) is 13.0 Å². The standard InChI is InChI=1S/C17H33NO3/c1-18(2)13-10-11-16(15-18)21-14-9-7-5-3-4-6-8-12-17(19)20/h16H,3-15H2,1-2H3/p+1. The van der Waals surface area contributed by atoms with Crippen molar-refractivity contribution in [3.63, 3.8) is 0 Å². The van der Waals surface area contributed by atoms with Crippen LogP contribution in [0.25, 0.3) is 0 Å². The second kappa shape index (κ2) is 10.2. The molecule has 0 bridgehead atoms. The highest BCUT2D eigenvalue weighted by Gasteiger charge is 2.27. The van der Waals surface area contributed by atoms with Crippen molar-refractivity contribution in [1.82, 2.24) is 0 Å². The molecule has 1 fully saturated rings. The van der Waals surface area contributed by atoms with Crippen LogP contribution in [0.5, 0.6) is 0 Å². The molecule has 0 saturated carbocycles. The monoisotopic (exact) mass is 300 g/mol. The molecule has 1 aliphatic rings. The maximum absolute atomic E-state index is 10.4. The Morgan fingerprint density at radius 2 is 1.71 bits per heavy atom. The summed E-state index contributed by atoms with van der Waals surface area (Å²) in [5.41, 5.74) is 0. The van der Waals surface area contributed by atoms with E-state index in [9.17, 15) is 4.79 Å². The molecule has 21 heavy (non-hydrogen) atoms. The van der Waals surface area contributed by atoms with Crippen LogP contribution in [0, 0.1) is 0 Å². The van der Waals surface area contributed by atoms with Crippen LogP contribution in [0.3, 0.4) is 0 Å². The van der Waals surface area contributed by atoms with E-state index in [1.807, 2.05) is 0 Å². The number of carboxylic acids is 1. The van der Waals surface area contributed by atoms with Crippen LogP contribution >= 0.6 is 0 Å². The van der Waals surface area contributed by atoms with Gasteiger partial charge in [0.2, 0.25) is 0 Å². The van der Waals surface area contributed by atoms with Crippen molar-refractivity contribution in [2.75, 3.05) is 33.8 Å². The van der Waals surface area contributed by atoms with E-state index in [1.54, 1.807) is 0 Å². The van der Waals surface area contributed by atoms with Gasteiger partial charge in [-0.2, -0.15) is 0 Å². The zero-order valence-electron chi connectivity index (χ0n) is 14.0. The number of carbonyl (C=O) groups is 1. The summed E-state index contributed by atoms with van der Waals surface area (Å²) in [5, 5.41) is 8.54. The van der Waals surface area contributed by atoms with Crippen molar-refractivity contribution in [3.05, 3.63) is 0 Å². The quantitative estimate of drug-likeness (QED) is 0.469. The number of unbranched alkanes of at least 4 members (excludes halogenated alkanes) is 6. The molecule has 1 rings (SSSR count). The summed E-state index contributed by atoms with van der Waals surface area (Å²) in [7, 11) is 4.58.